The molecule has 1 amide bonds. The SMILES string of the molecule is Cc1ccc([C@H](NCC(=O)NCCc2ccccc2)c2ccccc2)cc1. The molecule has 0 fully saturated rings. The van der Waals surface area contributed by atoms with Crippen molar-refractivity contribution in [3.63, 3.8) is 0 Å². The first-order valence-electron chi connectivity index (χ1n) is 9.38. The fourth-order valence-electron chi connectivity index (χ4n) is 3.08. The highest BCUT2D eigenvalue weighted by molar-refractivity contribution is 5.78. The highest BCUT2D eigenvalue weighted by atomic mass is 16.1. The number of hydrogen-bond donors (Lipinski definition) is 2. The van der Waals surface area contributed by atoms with Gasteiger partial charge in [-0.1, -0.05) is 90.5 Å². The quantitative estimate of drug-likeness (QED) is 0.638. The number of rotatable bonds is 8. The van der Waals surface area contributed by atoms with Crippen LogP contribution in [0.3, 0.4) is 0 Å². The van der Waals surface area contributed by atoms with Crippen LogP contribution < -0.4 is 10.6 Å². The lowest BCUT2D eigenvalue weighted by molar-refractivity contribution is -0.120. The van der Waals surface area contributed by atoms with Crippen LogP contribution in [0.15, 0.2) is 84.9 Å². The van der Waals surface area contributed by atoms with Crippen LogP contribution in [0.4, 0.5) is 0 Å². The summed E-state index contributed by atoms with van der Waals surface area (Å²) >= 11 is 0. The number of carbonyl (C=O) groups is 1. The maximum atomic E-state index is 12.3. The van der Waals surface area contributed by atoms with Crippen molar-refractivity contribution >= 4 is 5.91 Å². The van der Waals surface area contributed by atoms with Crippen molar-refractivity contribution in [2.45, 2.75) is 19.4 Å². The maximum Gasteiger partial charge on any atom is 0.233 e. The number of nitrogens with one attached hydrogen (secondary N) is 2. The first-order valence-corrected chi connectivity index (χ1v) is 9.38. The Labute approximate surface area is 161 Å². The van der Waals surface area contributed by atoms with Gasteiger partial charge in [0, 0.05) is 6.54 Å². The van der Waals surface area contributed by atoms with Crippen LogP contribution in [0.2, 0.25) is 0 Å². The Morgan fingerprint density at radius 1 is 0.815 bits per heavy atom. The predicted octanol–water partition coefficient (Wildman–Crippen LogP) is 4.03. The average Bonchev–Trinajstić information content (AvgIpc) is 2.71. The molecule has 27 heavy (non-hydrogen) atoms. The molecule has 3 rings (SSSR count). The number of benzene rings is 3. The smallest absolute Gasteiger partial charge is 0.233 e. The maximum absolute atomic E-state index is 12.3. The van der Waals surface area contributed by atoms with E-state index in [4.69, 9.17) is 0 Å². The van der Waals surface area contributed by atoms with Gasteiger partial charge in [-0.2, -0.15) is 0 Å². The number of amides is 1. The second kappa shape index (κ2) is 9.70. The van der Waals surface area contributed by atoms with E-state index in [1.54, 1.807) is 0 Å². The Balaban J connectivity index is 1.57. The van der Waals surface area contributed by atoms with Crippen molar-refractivity contribution in [1.29, 1.82) is 0 Å². The fourth-order valence-corrected chi connectivity index (χ4v) is 3.08. The van der Waals surface area contributed by atoms with Crippen LogP contribution in [0.1, 0.15) is 28.3 Å². The molecule has 1 atom stereocenters. The van der Waals surface area contributed by atoms with Crippen molar-refractivity contribution in [3.8, 4) is 0 Å². The molecule has 0 aliphatic rings. The molecule has 0 aliphatic carbocycles. The van der Waals surface area contributed by atoms with Gasteiger partial charge in [0.15, 0.2) is 0 Å². The molecular weight excluding hydrogens is 332 g/mol. The summed E-state index contributed by atoms with van der Waals surface area (Å²) in [5.41, 5.74) is 4.76. The van der Waals surface area contributed by atoms with E-state index >= 15 is 0 Å². The topological polar surface area (TPSA) is 41.1 Å². The van der Waals surface area contributed by atoms with Crippen LogP contribution in [-0.4, -0.2) is 19.0 Å². The van der Waals surface area contributed by atoms with E-state index < -0.39 is 0 Å². The van der Waals surface area contributed by atoms with Gasteiger partial charge in [-0.25, -0.2) is 0 Å². The Kier molecular flexibility index (Phi) is 6.78. The Bertz CT molecular complexity index is 829. The molecular formula is C24H26N2O. The van der Waals surface area contributed by atoms with Crippen LogP contribution in [0.5, 0.6) is 0 Å². The van der Waals surface area contributed by atoms with Gasteiger partial charge in [0.05, 0.1) is 12.6 Å². The first kappa shape index (κ1) is 18.9. The van der Waals surface area contributed by atoms with Crippen molar-refractivity contribution in [1.82, 2.24) is 10.6 Å². The summed E-state index contributed by atoms with van der Waals surface area (Å²) in [6.07, 6.45) is 0.840. The zero-order valence-electron chi connectivity index (χ0n) is 15.7. The molecule has 3 heteroatoms. The van der Waals surface area contributed by atoms with E-state index in [9.17, 15) is 4.79 Å². The number of aryl methyl sites for hydroxylation is 1. The van der Waals surface area contributed by atoms with Crippen LogP contribution in [-0.2, 0) is 11.2 Å². The summed E-state index contributed by atoms with van der Waals surface area (Å²) in [7, 11) is 0. The average molecular weight is 358 g/mol. The highest BCUT2D eigenvalue weighted by Gasteiger charge is 2.14. The molecule has 3 nitrogen and oxygen atoms in total. The summed E-state index contributed by atoms with van der Waals surface area (Å²) in [5.74, 6) is 0.0129. The minimum atomic E-state index is -0.00771. The highest BCUT2D eigenvalue weighted by Crippen LogP contribution is 2.22. The Morgan fingerprint density at radius 2 is 1.41 bits per heavy atom. The van der Waals surface area contributed by atoms with Crippen molar-refractivity contribution in [2.24, 2.45) is 0 Å². The van der Waals surface area contributed by atoms with E-state index in [-0.39, 0.29) is 18.5 Å². The molecule has 0 radical (unpaired) electrons. The number of carbonyl (C=O) groups excluding carboxylic acids is 1. The van der Waals surface area contributed by atoms with Gasteiger partial charge in [-0.3, -0.25) is 10.1 Å². The summed E-state index contributed by atoms with van der Waals surface area (Å²) in [6, 6.07) is 28.9. The Hall–Kier alpha value is -2.91. The molecule has 0 spiro atoms. The lowest BCUT2D eigenvalue weighted by atomic mass is 9.98. The first-order chi connectivity index (χ1) is 13.2. The molecule has 0 saturated heterocycles. The largest absolute Gasteiger partial charge is 0.355 e. The third-order valence-electron chi connectivity index (χ3n) is 4.59. The lowest BCUT2D eigenvalue weighted by Gasteiger charge is -2.20. The predicted molar refractivity (Wildman–Crippen MR) is 111 cm³/mol. The second-order valence-electron chi connectivity index (χ2n) is 6.72. The molecule has 2 N–H and O–H groups in total. The zero-order valence-corrected chi connectivity index (χ0v) is 15.7. The van der Waals surface area contributed by atoms with Gasteiger partial charge in [-0.15, -0.1) is 0 Å². The molecule has 0 bridgehead atoms. The van der Waals surface area contributed by atoms with Gasteiger partial charge >= 0.3 is 0 Å². The van der Waals surface area contributed by atoms with Crippen molar-refractivity contribution in [2.75, 3.05) is 13.1 Å². The molecule has 0 heterocycles. The van der Waals surface area contributed by atoms with Gasteiger partial charge in [0.1, 0.15) is 0 Å². The zero-order chi connectivity index (χ0) is 18.9. The normalized spacial score (nSPS) is 11.7. The summed E-state index contributed by atoms with van der Waals surface area (Å²) in [6.45, 7) is 3.00. The van der Waals surface area contributed by atoms with E-state index in [0.717, 1.165) is 17.5 Å². The molecule has 0 saturated carbocycles. The van der Waals surface area contributed by atoms with Gasteiger partial charge < -0.3 is 5.32 Å². The lowest BCUT2D eigenvalue weighted by Crippen LogP contribution is -2.37. The van der Waals surface area contributed by atoms with Gasteiger partial charge in [0.2, 0.25) is 5.91 Å². The summed E-state index contributed by atoms with van der Waals surface area (Å²) in [4.78, 5) is 12.3. The van der Waals surface area contributed by atoms with Crippen LogP contribution in [0.25, 0.3) is 0 Å². The van der Waals surface area contributed by atoms with Crippen LogP contribution in [0, 0.1) is 6.92 Å². The van der Waals surface area contributed by atoms with E-state index in [0.29, 0.717) is 6.54 Å². The minimum Gasteiger partial charge on any atom is -0.355 e. The minimum absolute atomic E-state index is 0.00771. The molecule has 3 aromatic rings. The molecule has 0 aromatic heterocycles. The van der Waals surface area contributed by atoms with Crippen LogP contribution >= 0.6 is 0 Å². The third-order valence-corrected chi connectivity index (χ3v) is 4.59. The molecule has 0 aliphatic heterocycles. The molecule has 138 valence electrons. The standard InChI is InChI=1S/C24H26N2O/c1-19-12-14-22(15-13-19)24(21-10-6-3-7-11-21)26-18-23(27)25-17-16-20-8-4-2-5-9-20/h2-15,24,26H,16-18H2,1H3,(H,25,27)/t24-/m1/s1. The third kappa shape index (κ3) is 5.80. The molecule has 0 unspecified atom stereocenters. The summed E-state index contributed by atoms with van der Waals surface area (Å²) in [5, 5.41) is 6.41. The van der Waals surface area contributed by atoms with Gasteiger partial charge in [0.25, 0.3) is 0 Å². The number of hydrogen-bond acceptors (Lipinski definition) is 2. The van der Waals surface area contributed by atoms with Crippen molar-refractivity contribution < 1.29 is 4.79 Å². The van der Waals surface area contributed by atoms with E-state index in [2.05, 4.69) is 66.1 Å². The van der Waals surface area contributed by atoms with E-state index in [1.165, 1.54) is 11.1 Å². The summed E-state index contributed by atoms with van der Waals surface area (Å²) < 4.78 is 0. The van der Waals surface area contributed by atoms with Crippen molar-refractivity contribution in [3.05, 3.63) is 107 Å². The fraction of sp³-hybridized carbons (Fsp3) is 0.208. The van der Waals surface area contributed by atoms with E-state index in [1.807, 2.05) is 36.4 Å². The van der Waals surface area contributed by atoms with Gasteiger partial charge in [-0.05, 0) is 30.0 Å². The Morgan fingerprint density at radius 3 is 2.07 bits per heavy atom. The second-order valence-corrected chi connectivity index (χ2v) is 6.72. The molecule has 3 aromatic carbocycles. The monoisotopic (exact) mass is 358 g/mol.